The number of alkyl halides is 1. The van der Waals surface area contributed by atoms with Crippen molar-refractivity contribution in [3.05, 3.63) is 42.0 Å². The maximum atomic E-state index is 5.79. The second-order valence-electron chi connectivity index (χ2n) is 3.85. The number of halogens is 1. The maximum absolute atomic E-state index is 5.79. The quantitative estimate of drug-likeness (QED) is 0.549. The standard InChI is InChI=1S/C13H14ClN/c1-10-3-4-12-8-13(15(2)9-14)6-5-11(12)7-10/h3-8H,9H2,1-2H3. The third-order valence-electron chi connectivity index (χ3n) is 2.60. The molecule has 0 atom stereocenters. The van der Waals surface area contributed by atoms with Gasteiger partial charge >= 0.3 is 0 Å². The van der Waals surface area contributed by atoms with E-state index < -0.39 is 0 Å². The van der Waals surface area contributed by atoms with Crippen LogP contribution in [0.1, 0.15) is 5.56 Å². The molecule has 0 aliphatic heterocycles. The van der Waals surface area contributed by atoms with Gasteiger partial charge in [-0.05, 0) is 29.8 Å². The molecule has 0 radical (unpaired) electrons. The van der Waals surface area contributed by atoms with Gasteiger partial charge < -0.3 is 4.90 Å². The summed E-state index contributed by atoms with van der Waals surface area (Å²) in [6.45, 7) is 2.11. The number of aryl methyl sites for hydroxylation is 1. The molecule has 0 fully saturated rings. The van der Waals surface area contributed by atoms with E-state index in [0.717, 1.165) is 5.69 Å². The van der Waals surface area contributed by atoms with Gasteiger partial charge in [0.15, 0.2) is 0 Å². The average Bonchev–Trinajstić information content (AvgIpc) is 2.27. The molecule has 0 saturated heterocycles. The van der Waals surface area contributed by atoms with Gasteiger partial charge in [0, 0.05) is 12.7 Å². The molecule has 2 aromatic rings. The van der Waals surface area contributed by atoms with E-state index in [2.05, 4.69) is 43.3 Å². The first kappa shape index (κ1) is 10.3. The van der Waals surface area contributed by atoms with Gasteiger partial charge in [0.25, 0.3) is 0 Å². The number of fused-ring (bicyclic) bond motifs is 1. The van der Waals surface area contributed by atoms with E-state index in [1.54, 1.807) is 0 Å². The Kier molecular flexibility index (Phi) is 2.83. The summed E-state index contributed by atoms with van der Waals surface area (Å²) in [7, 11) is 1.99. The van der Waals surface area contributed by atoms with E-state index in [1.165, 1.54) is 16.3 Å². The predicted octanol–water partition coefficient (Wildman–Crippen LogP) is 3.78. The molecule has 0 spiro atoms. The number of rotatable bonds is 2. The van der Waals surface area contributed by atoms with Gasteiger partial charge in [-0.15, -0.1) is 11.6 Å². The van der Waals surface area contributed by atoms with Crippen LogP contribution < -0.4 is 4.90 Å². The lowest BCUT2D eigenvalue weighted by Crippen LogP contribution is -2.13. The Labute approximate surface area is 95.3 Å². The van der Waals surface area contributed by atoms with Gasteiger partial charge in [0.1, 0.15) is 0 Å². The van der Waals surface area contributed by atoms with Gasteiger partial charge in [0.05, 0.1) is 6.00 Å². The minimum absolute atomic E-state index is 0.511. The molecule has 15 heavy (non-hydrogen) atoms. The van der Waals surface area contributed by atoms with Gasteiger partial charge in [-0.3, -0.25) is 0 Å². The fourth-order valence-electron chi connectivity index (χ4n) is 1.66. The third-order valence-corrected chi connectivity index (χ3v) is 2.96. The highest BCUT2D eigenvalue weighted by Crippen LogP contribution is 2.22. The molecule has 78 valence electrons. The lowest BCUT2D eigenvalue weighted by Gasteiger charge is -2.16. The van der Waals surface area contributed by atoms with Crippen molar-refractivity contribution in [1.29, 1.82) is 0 Å². The summed E-state index contributed by atoms with van der Waals surface area (Å²) in [5, 5.41) is 2.54. The Bertz CT molecular complexity index is 479. The van der Waals surface area contributed by atoms with Crippen LogP contribution in [0.25, 0.3) is 10.8 Å². The molecule has 0 aliphatic carbocycles. The minimum atomic E-state index is 0.511. The Morgan fingerprint density at radius 2 is 1.73 bits per heavy atom. The molecule has 0 aromatic heterocycles. The van der Waals surface area contributed by atoms with E-state index in [4.69, 9.17) is 11.6 Å². The van der Waals surface area contributed by atoms with Gasteiger partial charge in [0.2, 0.25) is 0 Å². The molecule has 0 unspecified atom stereocenters. The monoisotopic (exact) mass is 219 g/mol. The maximum Gasteiger partial charge on any atom is 0.0925 e. The molecule has 0 heterocycles. The zero-order chi connectivity index (χ0) is 10.8. The molecule has 0 bridgehead atoms. The summed E-state index contributed by atoms with van der Waals surface area (Å²) >= 11 is 5.79. The molecule has 1 nitrogen and oxygen atoms in total. The largest absolute Gasteiger partial charge is 0.361 e. The first-order valence-corrected chi connectivity index (χ1v) is 5.51. The summed E-state index contributed by atoms with van der Waals surface area (Å²) in [5.74, 6) is 0. The first-order valence-electron chi connectivity index (χ1n) is 4.98. The van der Waals surface area contributed by atoms with Crippen LogP contribution in [0.15, 0.2) is 36.4 Å². The molecule has 2 rings (SSSR count). The average molecular weight is 220 g/mol. The fourth-order valence-corrected chi connectivity index (χ4v) is 1.80. The molecule has 0 aliphatic rings. The van der Waals surface area contributed by atoms with Crippen LogP contribution in [-0.2, 0) is 0 Å². The number of hydrogen-bond donors (Lipinski definition) is 0. The van der Waals surface area contributed by atoms with Crippen molar-refractivity contribution in [1.82, 2.24) is 0 Å². The molecular formula is C13H14ClN. The topological polar surface area (TPSA) is 3.24 Å². The van der Waals surface area contributed by atoms with Crippen LogP contribution in [0.5, 0.6) is 0 Å². The summed E-state index contributed by atoms with van der Waals surface area (Å²) in [6, 6.07) is 13.4. The van der Waals surface area contributed by atoms with E-state index in [1.807, 2.05) is 11.9 Å². The van der Waals surface area contributed by atoms with Crippen LogP contribution >= 0.6 is 11.6 Å². The highest BCUT2D eigenvalue weighted by atomic mass is 35.5. The van der Waals surface area contributed by atoms with Crippen molar-refractivity contribution >= 4 is 28.1 Å². The molecule has 2 aromatic carbocycles. The van der Waals surface area contributed by atoms with E-state index in [-0.39, 0.29) is 0 Å². The third kappa shape index (κ3) is 2.07. The van der Waals surface area contributed by atoms with Crippen LogP contribution in [0.2, 0.25) is 0 Å². The summed E-state index contributed by atoms with van der Waals surface area (Å²) in [6.07, 6.45) is 0. The Hall–Kier alpha value is -1.21. The Balaban J connectivity index is 2.52. The van der Waals surface area contributed by atoms with Crippen LogP contribution in [-0.4, -0.2) is 13.1 Å². The summed E-state index contributed by atoms with van der Waals surface area (Å²) in [5.41, 5.74) is 2.45. The van der Waals surface area contributed by atoms with Crippen molar-refractivity contribution < 1.29 is 0 Å². The lowest BCUT2D eigenvalue weighted by atomic mass is 10.1. The first-order chi connectivity index (χ1) is 7.20. The molecule has 0 N–H and O–H groups in total. The number of nitrogens with zero attached hydrogens (tertiary/aromatic N) is 1. The molecule has 2 heteroatoms. The lowest BCUT2D eigenvalue weighted by molar-refractivity contribution is 1.09. The van der Waals surface area contributed by atoms with E-state index in [0.29, 0.717) is 6.00 Å². The van der Waals surface area contributed by atoms with E-state index in [9.17, 15) is 0 Å². The Morgan fingerprint density at radius 1 is 1.07 bits per heavy atom. The van der Waals surface area contributed by atoms with Crippen molar-refractivity contribution in [3.8, 4) is 0 Å². The van der Waals surface area contributed by atoms with Gasteiger partial charge in [-0.2, -0.15) is 0 Å². The summed E-state index contributed by atoms with van der Waals surface area (Å²) in [4.78, 5) is 2.01. The second kappa shape index (κ2) is 4.11. The van der Waals surface area contributed by atoms with Crippen LogP contribution in [0.3, 0.4) is 0 Å². The smallest absolute Gasteiger partial charge is 0.0925 e. The van der Waals surface area contributed by atoms with Crippen LogP contribution in [0, 0.1) is 6.92 Å². The van der Waals surface area contributed by atoms with Gasteiger partial charge in [-0.1, -0.05) is 29.8 Å². The zero-order valence-corrected chi connectivity index (χ0v) is 9.75. The fraction of sp³-hybridized carbons (Fsp3) is 0.231. The van der Waals surface area contributed by atoms with Crippen molar-refractivity contribution in [2.75, 3.05) is 18.0 Å². The van der Waals surface area contributed by atoms with Crippen LogP contribution in [0.4, 0.5) is 5.69 Å². The summed E-state index contributed by atoms with van der Waals surface area (Å²) < 4.78 is 0. The normalized spacial score (nSPS) is 10.6. The predicted molar refractivity (Wildman–Crippen MR) is 67.8 cm³/mol. The van der Waals surface area contributed by atoms with Crippen molar-refractivity contribution in [2.24, 2.45) is 0 Å². The number of anilines is 1. The van der Waals surface area contributed by atoms with Crippen molar-refractivity contribution in [2.45, 2.75) is 6.92 Å². The van der Waals surface area contributed by atoms with Gasteiger partial charge in [-0.25, -0.2) is 0 Å². The zero-order valence-electron chi connectivity index (χ0n) is 9.00. The molecular weight excluding hydrogens is 206 g/mol. The number of hydrogen-bond acceptors (Lipinski definition) is 1. The molecule has 0 amide bonds. The van der Waals surface area contributed by atoms with E-state index >= 15 is 0 Å². The highest BCUT2D eigenvalue weighted by Gasteiger charge is 2.00. The second-order valence-corrected chi connectivity index (χ2v) is 4.09. The van der Waals surface area contributed by atoms with Crippen molar-refractivity contribution in [3.63, 3.8) is 0 Å². The SMILES string of the molecule is Cc1ccc2cc(N(C)CCl)ccc2c1. The highest BCUT2D eigenvalue weighted by molar-refractivity contribution is 6.19. The molecule has 0 saturated carbocycles. The Morgan fingerprint density at radius 3 is 2.47 bits per heavy atom. The minimum Gasteiger partial charge on any atom is -0.361 e. The number of benzene rings is 2.